The van der Waals surface area contributed by atoms with Crippen LogP contribution in [0.3, 0.4) is 0 Å². The van der Waals surface area contributed by atoms with Crippen molar-refractivity contribution in [2.24, 2.45) is 0 Å². The fraction of sp³-hybridized carbons (Fsp3) is 0.316. The average Bonchev–Trinajstić information content (AvgIpc) is 3.32. The monoisotopic (exact) mass is 445 g/mol. The number of para-hydroxylation sites is 1. The number of fused-ring (bicyclic) bond motifs is 1. The van der Waals surface area contributed by atoms with Crippen LogP contribution < -0.4 is 16.0 Å². The van der Waals surface area contributed by atoms with Crippen molar-refractivity contribution in [2.45, 2.75) is 31.5 Å². The summed E-state index contributed by atoms with van der Waals surface area (Å²) in [6.07, 6.45) is -2.90. The summed E-state index contributed by atoms with van der Waals surface area (Å²) in [6.45, 7) is 2.04. The van der Waals surface area contributed by atoms with Crippen LogP contribution in [0.4, 0.5) is 20.7 Å². The molecule has 3 heterocycles. The summed E-state index contributed by atoms with van der Waals surface area (Å²) >= 11 is 0. The molecule has 4 unspecified atom stereocenters. The van der Waals surface area contributed by atoms with Gasteiger partial charge in [-0.3, -0.25) is 14.7 Å². The number of hydrogen-bond acceptors (Lipinski definition) is 8. The first-order chi connectivity index (χ1) is 15.4. The van der Waals surface area contributed by atoms with Crippen LogP contribution in [0.1, 0.15) is 13.2 Å². The van der Waals surface area contributed by atoms with Crippen LogP contribution in [-0.2, 0) is 9.53 Å². The van der Waals surface area contributed by atoms with Crippen LogP contribution in [0.15, 0.2) is 36.9 Å². The third-order valence-electron chi connectivity index (χ3n) is 4.83. The highest BCUT2D eigenvalue weighted by Gasteiger charge is 2.47. The van der Waals surface area contributed by atoms with Gasteiger partial charge >= 0.3 is 6.03 Å². The van der Waals surface area contributed by atoms with Crippen molar-refractivity contribution in [1.82, 2.24) is 24.8 Å². The molecular weight excluding hydrogens is 425 g/mol. The van der Waals surface area contributed by atoms with Gasteiger partial charge in [-0.2, -0.15) is 0 Å². The number of ether oxygens (including phenoxy) is 1. The minimum atomic E-state index is -1.46. The van der Waals surface area contributed by atoms with Crippen molar-refractivity contribution in [3.05, 3.63) is 42.7 Å². The molecule has 0 aliphatic carbocycles. The van der Waals surface area contributed by atoms with Crippen molar-refractivity contribution < 1.29 is 28.9 Å². The fourth-order valence-corrected chi connectivity index (χ4v) is 3.33. The predicted octanol–water partition coefficient (Wildman–Crippen LogP) is 0.365. The van der Waals surface area contributed by atoms with E-state index in [0.717, 1.165) is 6.33 Å². The van der Waals surface area contributed by atoms with E-state index in [1.807, 2.05) is 0 Å². The second-order valence-electron chi connectivity index (χ2n) is 6.93. The molecule has 3 aromatic rings. The van der Waals surface area contributed by atoms with E-state index < -0.39 is 42.3 Å². The summed E-state index contributed by atoms with van der Waals surface area (Å²) in [5.74, 6) is -1.14. The Morgan fingerprint density at radius 1 is 1.16 bits per heavy atom. The summed E-state index contributed by atoms with van der Waals surface area (Å²) in [7, 11) is 0. The lowest BCUT2D eigenvalue weighted by atomic mass is 10.1. The molecule has 0 radical (unpaired) electrons. The predicted molar refractivity (Wildman–Crippen MR) is 109 cm³/mol. The number of nitrogens with one attached hydrogen (secondary N) is 3. The number of urea groups is 1. The Bertz CT molecular complexity index is 1160. The number of anilines is 2. The largest absolute Gasteiger partial charge is 0.387 e. The molecule has 4 atom stereocenters. The van der Waals surface area contributed by atoms with Crippen molar-refractivity contribution in [3.8, 4) is 0 Å². The second-order valence-corrected chi connectivity index (χ2v) is 6.93. The zero-order valence-electron chi connectivity index (χ0n) is 16.8. The molecule has 3 amide bonds. The SMILES string of the molecule is CCNC(=O)C1OC(n2cnc3c(NC(=O)Nc4ccccc4F)ncnc32)C(O)C1O. The highest BCUT2D eigenvalue weighted by molar-refractivity contribution is 6.03. The number of likely N-dealkylation sites (N-methyl/N-ethyl adjacent to an activating group) is 1. The number of imidazole rings is 1. The number of aliphatic hydroxyl groups is 2. The Balaban J connectivity index is 1.56. The Labute approximate surface area is 180 Å². The maximum absolute atomic E-state index is 13.8. The number of carbonyl (C=O) groups excluding carboxylic acids is 2. The number of amides is 3. The molecule has 0 saturated carbocycles. The lowest BCUT2D eigenvalue weighted by molar-refractivity contribution is -0.137. The van der Waals surface area contributed by atoms with Crippen LogP contribution in [0.25, 0.3) is 11.2 Å². The van der Waals surface area contributed by atoms with Crippen LogP contribution in [0, 0.1) is 5.82 Å². The molecule has 0 spiro atoms. The first-order valence-corrected chi connectivity index (χ1v) is 9.70. The number of benzene rings is 1. The van der Waals surface area contributed by atoms with E-state index in [2.05, 4.69) is 30.9 Å². The molecule has 1 aliphatic rings. The maximum Gasteiger partial charge on any atom is 0.324 e. The molecular formula is C19H20FN7O5. The fourth-order valence-electron chi connectivity index (χ4n) is 3.33. The van der Waals surface area contributed by atoms with Gasteiger partial charge in [0.2, 0.25) is 0 Å². The van der Waals surface area contributed by atoms with Crippen LogP contribution in [0.5, 0.6) is 0 Å². The zero-order valence-corrected chi connectivity index (χ0v) is 16.8. The van der Waals surface area contributed by atoms with E-state index in [1.54, 1.807) is 13.0 Å². The third kappa shape index (κ3) is 3.95. The van der Waals surface area contributed by atoms with Gasteiger partial charge in [0, 0.05) is 6.54 Å². The maximum atomic E-state index is 13.8. The van der Waals surface area contributed by atoms with E-state index in [4.69, 9.17) is 4.74 Å². The van der Waals surface area contributed by atoms with Crippen LogP contribution in [-0.4, -0.2) is 66.5 Å². The van der Waals surface area contributed by atoms with Crippen molar-refractivity contribution >= 4 is 34.6 Å². The van der Waals surface area contributed by atoms with Gasteiger partial charge in [-0.1, -0.05) is 12.1 Å². The minimum Gasteiger partial charge on any atom is -0.387 e. The van der Waals surface area contributed by atoms with Crippen molar-refractivity contribution in [1.29, 1.82) is 0 Å². The molecule has 4 rings (SSSR count). The van der Waals surface area contributed by atoms with Gasteiger partial charge in [-0.15, -0.1) is 0 Å². The summed E-state index contributed by atoms with van der Waals surface area (Å²) < 4.78 is 20.7. The first kappa shape index (κ1) is 21.5. The van der Waals surface area contributed by atoms with Gasteiger partial charge < -0.3 is 25.6 Å². The van der Waals surface area contributed by atoms with Crippen molar-refractivity contribution in [2.75, 3.05) is 17.2 Å². The van der Waals surface area contributed by atoms with Crippen molar-refractivity contribution in [3.63, 3.8) is 0 Å². The Kier molecular flexibility index (Phi) is 5.94. The van der Waals surface area contributed by atoms with Crippen LogP contribution in [0.2, 0.25) is 0 Å². The smallest absolute Gasteiger partial charge is 0.324 e. The van der Waals surface area contributed by atoms with E-state index >= 15 is 0 Å². The molecule has 168 valence electrons. The van der Waals surface area contributed by atoms with E-state index in [0.29, 0.717) is 6.54 Å². The number of hydrogen-bond donors (Lipinski definition) is 5. The van der Waals surface area contributed by atoms with E-state index in [9.17, 15) is 24.2 Å². The number of rotatable bonds is 5. The highest BCUT2D eigenvalue weighted by atomic mass is 19.1. The lowest BCUT2D eigenvalue weighted by Gasteiger charge is -2.16. The van der Waals surface area contributed by atoms with Gasteiger partial charge in [0.05, 0.1) is 12.0 Å². The molecule has 0 bridgehead atoms. The van der Waals surface area contributed by atoms with E-state index in [-0.39, 0.29) is 22.7 Å². The molecule has 5 N–H and O–H groups in total. The molecule has 1 saturated heterocycles. The Morgan fingerprint density at radius 2 is 1.94 bits per heavy atom. The van der Waals surface area contributed by atoms with Crippen LogP contribution >= 0.6 is 0 Å². The highest BCUT2D eigenvalue weighted by Crippen LogP contribution is 2.32. The summed E-state index contributed by atoms with van der Waals surface area (Å²) in [5, 5.41) is 28.0. The molecule has 32 heavy (non-hydrogen) atoms. The number of halogens is 1. The molecule has 1 aromatic carbocycles. The van der Waals surface area contributed by atoms with Gasteiger partial charge in [0.15, 0.2) is 29.3 Å². The normalized spacial score (nSPS) is 22.6. The number of aromatic nitrogens is 4. The zero-order chi connectivity index (χ0) is 22.8. The molecule has 2 aromatic heterocycles. The number of aliphatic hydroxyl groups excluding tert-OH is 2. The quantitative estimate of drug-likeness (QED) is 0.376. The second kappa shape index (κ2) is 8.82. The standard InChI is InChI=1S/C19H20FN7O5/c1-2-21-17(30)14-12(28)13(29)18(32-14)27-8-24-11-15(22-7-23-16(11)27)26-19(31)25-10-6-4-3-5-9(10)20/h3-8,12-14,18,28-29H,2H2,1H3,(H,21,30)(H2,22,23,25,26,31). The number of nitrogens with zero attached hydrogens (tertiary/aromatic N) is 4. The molecule has 1 fully saturated rings. The third-order valence-corrected chi connectivity index (χ3v) is 4.83. The lowest BCUT2D eigenvalue weighted by Crippen LogP contribution is -2.42. The van der Waals surface area contributed by atoms with Gasteiger partial charge in [-0.05, 0) is 19.1 Å². The number of carbonyl (C=O) groups is 2. The topological polar surface area (TPSA) is 164 Å². The van der Waals surface area contributed by atoms with E-state index in [1.165, 1.54) is 29.1 Å². The molecule has 13 heteroatoms. The molecule has 1 aliphatic heterocycles. The Morgan fingerprint density at radius 3 is 2.69 bits per heavy atom. The summed E-state index contributed by atoms with van der Waals surface area (Å²) in [5.41, 5.74) is 0.311. The average molecular weight is 445 g/mol. The molecule has 12 nitrogen and oxygen atoms in total. The van der Waals surface area contributed by atoms with Gasteiger partial charge in [-0.25, -0.2) is 24.1 Å². The first-order valence-electron chi connectivity index (χ1n) is 9.70. The minimum absolute atomic E-state index is 0.0197. The Hall–Kier alpha value is -3.68. The summed E-state index contributed by atoms with van der Waals surface area (Å²) in [6, 6.07) is 4.91. The summed E-state index contributed by atoms with van der Waals surface area (Å²) in [4.78, 5) is 36.6. The van der Waals surface area contributed by atoms with Gasteiger partial charge in [0.25, 0.3) is 5.91 Å². The van der Waals surface area contributed by atoms with Gasteiger partial charge in [0.1, 0.15) is 24.4 Å².